The van der Waals surface area contributed by atoms with Gasteiger partial charge < -0.3 is 0 Å². The topological polar surface area (TPSA) is 3.01 Å². The van der Waals surface area contributed by atoms with Crippen LogP contribution in [-0.2, 0) is 0 Å². The molecule has 80 valence electrons. The highest BCUT2D eigenvalue weighted by atomic mass is 15.3. The highest BCUT2D eigenvalue weighted by molar-refractivity contribution is 5.06. The van der Waals surface area contributed by atoms with E-state index in [0.717, 1.165) is 25.0 Å². The van der Waals surface area contributed by atoms with Gasteiger partial charge in [-0.2, -0.15) is 0 Å². The second kappa shape index (κ2) is 6.02. The van der Waals surface area contributed by atoms with Crippen LogP contribution in [-0.4, -0.2) is 23.5 Å². The molecule has 1 saturated heterocycles. The highest BCUT2D eigenvalue weighted by Crippen LogP contribution is 2.34. The summed E-state index contributed by atoms with van der Waals surface area (Å²) in [6.07, 6.45) is 10.6. The summed E-state index contributed by atoms with van der Waals surface area (Å²) in [5, 5.41) is 0. The molecule has 1 nitrogen and oxygen atoms in total. The van der Waals surface area contributed by atoms with E-state index in [1.54, 1.807) is 0 Å². The van der Waals surface area contributed by atoms with Gasteiger partial charge in [-0.25, -0.2) is 0 Å². The molecule has 0 N–H and O–H groups in total. The van der Waals surface area contributed by atoms with Crippen molar-refractivity contribution in [3.63, 3.8) is 0 Å². The van der Waals surface area contributed by atoms with Gasteiger partial charge in [0.05, 0.1) is 0 Å². The van der Waals surface area contributed by atoms with E-state index >= 15 is 0 Å². The maximum atomic E-state index is 3.81. The van der Waals surface area contributed by atoms with E-state index in [1.807, 2.05) is 12.2 Å². The fourth-order valence-electron chi connectivity index (χ4n) is 2.24. The minimum atomic E-state index is 0.766. The van der Waals surface area contributed by atoms with Crippen LogP contribution in [0.25, 0.3) is 0 Å². The first-order valence-electron chi connectivity index (χ1n) is 5.82. The number of hydrogen-bond donors (Lipinski definition) is 0. The lowest BCUT2D eigenvalue weighted by atomic mass is 10.1. The lowest BCUT2D eigenvalue weighted by molar-refractivity contribution is 0.506. The largest absolute Gasteiger partial charge is 0.290 e. The third-order valence-corrected chi connectivity index (χ3v) is 3.06. The summed E-state index contributed by atoms with van der Waals surface area (Å²) in [5.41, 5.74) is 0. The predicted molar refractivity (Wildman–Crippen MR) is 63.4 cm³/mol. The molecule has 0 aromatic rings. The predicted octanol–water partition coefficient (Wildman–Crippen LogP) is 3.38. The Labute approximate surface area is 88.5 Å². The molecule has 14 heavy (non-hydrogen) atoms. The van der Waals surface area contributed by atoms with Gasteiger partial charge in [0.25, 0.3) is 0 Å². The number of rotatable bonds is 8. The Hall–Kier alpha value is -0.560. The summed E-state index contributed by atoms with van der Waals surface area (Å²) in [6.45, 7) is 10.9. The Balaban J connectivity index is 2.22. The number of hydrogen-bond acceptors (Lipinski definition) is 1. The molecular formula is C13H23N. The van der Waals surface area contributed by atoms with E-state index in [-0.39, 0.29) is 0 Å². The highest BCUT2D eigenvalue weighted by Gasteiger charge is 2.44. The van der Waals surface area contributed by atoms with Gasteiger partial charge in [0.15, 0.2) is 0 Å². The van der Waals surface area contributed by atoms with Crippen LogP contribution < -0.4 is 0 Å². The summed E-state index contributed by atoms with van der Waals surface area (Å²) < 4.78 is 0. The molecule has 1 aliphatic heterocycles. The Kier molecular flexibility index (Phi) is 4.95. The van der Waals surface area contributed by atoms with Crippen molar-refractivity contribution < 1.29 is 0 Å². The molecule has 1 heteroatoms. The molecular weight excluding hydrogens is 170 g/mol. The van der Waals surface area contributed by atoms with E-state index in [1.165, 1.54) is 25.7 Å². The first kappa shape index (κ1) is 11.5. The molecule has 0 amide bonds. The average molecular weight is 193 g/mol. The zero-order chi connectivity index (χ0) is 10.4. The van der Waals surface area contributed by atoms with Crippen LogP contribution in [0.5, 0.6) is 0 Å². The fourth-order valence-corrected chi connectivity index (χ4v) is 2.24. The first-order chi connectivity index (χ1) is 6.85. The van der Waals surface area contributed by atoms with Gasteiger partial charge in [-0.3, -0.25) is 4.90 Å². The van der Waals surface area contributed by atoms with Crippen LogP contribution in [0.15, 0.2) is 25.3 Å². The van der Waals surface area contributed by atoms with Crippen molar-refractivity contribution in [2.45, 2.75) is 51.1 Å². The van der Waals surface area contributed by atoms with E-state index in [9.17, 15) is 0 Å². The third kappa shape index (κ3) is 2.98. The van der Waals surface area contributed by atoms with E-state index in [0.29, 0.717) is 0 Å². The van der Waals surface area contributed by atoms with Crippen LogP contribution >= 0.6 is 0 Å². The van der Waals surface area contributed by atoms with Crippen LogP contribution in [0, 0.1) is 0 Å². The summed E-state index contributed by atoms with van der Waals surface area (Å²) in [5.74, 6) is 0. The van der Waals surface area contributed by atoms with Gasteiger partial charge in [-0.1, -0.05) is 38.3 Å². The van der Waals surface area contributed by atoms with Crippen LogP contribution in [0.4, 0.5) is 0 Å². The molecule has 3 atom stereocenters. The van der Waals surface area contributed by atoms with Crippen LogP contribution in [0.2, 0.25) is 0 Å². The summed E-state index contributed by atoms with van der Waals surface area (Å²) in [7, 11) is 0. The Morgan fingerprint density at radius 1 is 1.14 bits per heavy atom. The second-order valence-corrected chi connectivity index (χ2v) is 4.14. The quantitative estimate of drug-likeness (QED) is 0.324. The van der Waals surface area contributed by atoms with Crippen molar-refractivity contribution in [1.29, 1.82) is 0 Å². The zero-order valence-corrected chi connectivity index (χ0v) is 9.41. The molecule has 0 aromatic heterocycles. The van der Waals surface area contributed by atoms with E-state index < -0.39 is 0 Å². The van der Waals surface area contributed by atoms with Crippen LogP contribution in [0.3, 0.4) is 0 Å². The fraction of sp³-hybridized carbons (Fsp3) is 0.692. The molecule has 0 bridgehead atoms. The zero-order valence-electron chi connectivity index (χ0n) is 9.41. The minimum Gasteiger partial charge on any atom is -0.290 e. The van der Waals surface area contributed by atoms with Crippen molar-refractivity contribution >= 4 is 0 Å². The second-order valence-electron chi connectivity index (χ2n) is 4.14. The van der Waals surface area contributed by atoms with Crippen molar-refractivity contribution in [2.24, 2.45) is 0 Å². The van der Waals surface area contributed by atoms with E-state index in [4.69, 9.17) is 0 Å². The lowest BCUT2D eigenvalue weighted by Crippen LogP contribution is -2.01. The molecule has 1 heterocycles. The minimum absolute atomic E-state index is 0.766. The van der Waals surface area contributed by atoms with Gasteiger partial charge in [0.1, 0.15) is 0 Å². The number of nitrogens with zero attached hydrogens (tertiary/aromatic N) is 1. The molecule has 1 rings (SSSR count). The van der Waals surface area contributed by atoms with Gasteiger partial charge in [-0.05, 0) is 12.8 Å². The smallest absolute Gasteiger partial charge is 0.0293 e. The monoisotopic (exact) mass is 193 g/mol. The third-order valence-electron chi connectivity index (χ3n) is 3.06. The summed E-state index contributed by atoms with van der Waals surface area (Å²) in [4.78, 5) is 2.53. The maximum absolute atomic E-state index is 3.81. The van der Waals surface area contributed by atoms with Crippen molar-refractivity contribution in [3.8, 4) is 0 Å². The van der Waals surface area contributed by atoms with Crippen LogP contribution in [0.1, 0.15) is 39.0 Å². The van der Waals surface area contributed by atoms with Gasteiger partial charge in [0, 0.05) is 18.6 Å². The van der Waals surface area contributed by atoms with Crippen molar-refractivity contribution in [1.82, 2.24) is 4.90 Å². The molecule has 0 aliphatic carbocycles. The van der Waals surface area contributed by atoms with Gasteiger partial charge >= 0.3 is 0 Å². The lowest BCUT2D eigenvalue weighted by Gasteiger charge is -1.98. The summed E-state index contributed by atoms with van der Waals surface area (Å²) >= 11 is 0. The van der Waals surface area contributed by atoms with E-state index in [2.05, 4.69) is 25.0 Å². The number of unbranched alkanes of at least 4 members (excludes halogenated alkanes) is 2. The first-order valence-corrected chi connectivity index (χ1v) is 5.82. The van der Waals surface area contributed by atoms with Crippen molar-refractivity contribution in [2.75, 3.05) is 6.54 Å². The normalized spacial score (nSPS) is 29.9. The Bertz CT molecular complexity index is 170. The Morgan fingerprint density at radius 3 is 2.50 bits per heavy atom. The standard InChI is InChI=1S/C13H23N/c1-4-7-8-10-13-12(9-5-2)14(13)11-6-3/h5-6,12-13H,2-4,7-11H2,1H3. The molecule has 1 aliphatic rings. The molecule has 3 unspecified atom stereocenters. The molecule has 0 spiro atoms. The SMILES string of the molecule is C=CCC1C(CCCCC)N1CC=C. The molecule has 0 aromatic carbocycles. The summed E-state index contributed by atoms with van der Waals surface area (Å²) in [6, 6.07) is 1.58. The molecule has 0 saturated carbocycles. The molecule has 1 fully saturated rings. The molecule has 0 radical (unpaired) electrons. The maximum Gasteiger partial charge on any atom is 0.0293 e. The van der Waals surface area contributed by atoms with Gasteiger partial charge in [-0.15, -0.1) is 13.2 Å². The Morgan fingerprint density at radius 2 is 1.93 bits per heavy atom. The van der Waals surface area contributed by atoms with Gasteiger partial charge in [0.2, 0.25) is 0 Å². The average Bonchev–Trinajstić information content (AvgIpc) is 2.81. The van der Waals surface area contributed by atoms with Crippen molar-refractivity contribution in [3.05, 3.63) is 25.3 Å².